The number of hydrogen-bond donors (Lipinski definition) is 2. The van der Waals surface area contributed by atoms with Gasteiger partial charge in [-0.15, -0.1) is 0 Å². The van der Waals surface area contributed by atoms with E-state index in [-0.39, 0.29) is 10.8 Å². The first-order valence-corrected chi connectivity index (χ1v) is 6.49. The molecule has 1 aromatic heterocycles. The van der Waals surface area contributed by atoms with E-state index in [0.717, 1.165) is 21.0 Å². The first-order valence-electron chi connectivity index (χ1n) is 5.51. The molecule has 1 atom stereocenters. The minimum Gasteiger partial charge on any atom is -0.480 e. The smallest absolute Gasteiger partial charge is 0.346 e. The topological polar surface area (TPSA) is 123 Å². The summed E-state index contributed by atoms with van der Waals surface area (Å²) in [5.41, 5.74) is -1.18. The number of rotatable bonds is 5. The monoisotopic (exact) mass is 302 g/mol. The van der Waals surface area contributed by atoms with Gasteiger partial charge in [-0.2, -0.15) is 5.10 Å². The molecule has 1 rings (SSSR count). The van der Waals surface area contributed by atoms with E-state index < -0.39 is 29.2 Å². The number of nitrogens with one attached hydrogen (secondary N) is 1. The summed E-state index contributed by atoms with van der Waals surface area (Å²) < 4.78 is 1.86. The molecule has 0 aliphatic rings. The van der Waals surface area contributed by atoms with Gasteiger partial charge in [0.05, 0.1) is 0 Å². The number of aliphatic carboxylic acids is 1. The number of thioether (sulfide) groups is 1. The van der Waals surface area contributed by atoms with Crippen molar-refractivity contribution in [2.24, 2.45) is 14.1 Å². The van der Waals surface area contributed by atoms with E-state index in [1.54, 1.807) is 0 Å². The predicted molar refractivity (Wildman–Crippen MR) is 70.7 cm³/mol. The molecule has 1 unspecified atom stereocenters. The molecule has 20 heavy (non-hydrogen) atoms. The summed E-state index contributed by atoms with van der Waals surface area (Å²) in [6, 6.07) is -1.14. The van der Waals surface area contributed by atoms with Crippen molar-refractivity contribution in [3.8, 4) is 0 Å². The highest BCUT2D eigenvalue weighted by Gasteiger charge is 2.20. The number of aryl methyl sites for hydroxylation is 1. The Bertz CT molecular complexity index is 650. The van der Waals surface area contributed by atoms with Gasteiger partial charge in [0.25, 0.3) is 5.56 Å². The van der Waals surface area contributed by atoms with E-state index >= 15 is 0 Å². The van der Waals surface area contributed by atoms with Crippen molar-refractivity contribution in [1.29, 1.82) is 0 Å². The fourth-order valence-corrected chi connectivity index (χ4v) is 2.33. The molecular weight excluding hydrogens is 288 g/mol. The Morgan fingerprint density at radius 2 is 2.00 bits per heavy atom. The molecule has 1 amide bonds. The molecule has 110 valence electrons. The number of carbonyl (C=O) groups is 2. The molecule has 0 radical (unpaired) electrons. The van der Waals surface area contributed by atoms with Crippen molar-refractivity contribution < 1.29 is 14.7 Å². The first kappa shape index (κ1) is 16.0. The zero-order valence-corrected chi connectivity index (χ0v) is 11.9. The van der Waals surface area contributed by atoms with Crippen molar-refractivity contribution >= 4 is 23.6 Å². The minimum absolute atomic E-state index is 0.00815. The van der Waals surface area contributed by atoms with Gasteiger partial charge in [-0.3, -0.25) is 14.2 Å². The van der Waals surface area contributed by atoms with Gasteiger partial charge in [0.1, 0.15) is 6.04 Å². The van der Waals surface area contributed by atoms with Crippen LogP contribution in [-0.4, -0.2) is 43.1 Å². The lowest BCUT2D eigenvalue weighted by Gasteiger charge is -2.12. The van der Waals surface area contributed by atoms with Crippen LogP contribution >= 0.6 is 11.8 Å². The average molecular weight is 302 g/mol. The van der Waals surface area contributed by atoms with Gasteiger partial charge in [0, 0.05) is 26.8 Å². The van der Waals surface area contributed by atoms with Crippen LogP contribution in [0.5, 0.6) is 0 Å². The van der Waals surface area contributed by atoms with Crippen molar-refractivity contribution in [3.63, 3.8) is 0 Å². The van der Waals surface area contributed by atoms with Crippen LogP contribution in [0.4, 0.5) is 0 Å². The van der Waals surface area contributed by atoms with E-state index in [0.29, 0.717) is 0 Å². The fourth-order valence-electron chi connectivity index (χ4n) is 1.34. The van der Waals surface area contributed by atoms with Gasteiger partial charge in [-0.1, -0.05) is 11.8 Å². The van der Waals surface area contributed by atoms with Crippen LogP contribution < -0.4 is 16.6 Å². The second-order valence-electron chi connectivity index (χ2n) is 3.98. The van der Waals surface area contributed by atoms with Crippen molar-refractivity contribution in [1.82, 2.24) is 19.7 Å². The number of carbonyl (C=O) groups excluding carboxylic acids is 1. The highest BCUT2D eigenvalue weighted by atomic mass is 32.2. The Morgan fingerprint density at radius 1 is 1.40 bits per heavy atom. The second kappa shape index (κ2) is 6.37. The van der Waals surface area contributed by atoms with Crippen LogP contribution in [-0.2, 0) is 23.7 Å². The van der Waals surface area contributed by atoms with E-state index in [1.165, 1.54) is 21.0 Å². The summed E-state index contributed by atoms with van der Waals surface area (Å²) in [5, 5.41) is 14.9. The first-order chi connectivity index (χ1) is 9.23. The Morgan fingerprint density at radius 3 is 2.50 bits per heavy atom. The van der Waals surface area contributed by atoms with Crippen LogP contribution in [0.15, 0.2) is 14.6 Å². The molecular formula is C10H14N4O5S. The molecule has 1 heterocycles. The summed E-state index contributed by atoms with van der Waals surface area (Å²) >= 11 is 0.863. The lowest BCUT2D eigenvalue weighted by molar-refractivity contribution is -0.140. The summed E-state index contributed by atoms with van der Waals surface area (Å²) in [5.74, 6) is -1.77. The van der Waals surface area contributed by atoms with Crippen molar-refractivity contribution in [2.45, 2.75) is 18.0 Å². The van der Waals surface area contributed by atoms with Crippen molar-refractivity contribution in [2.75, 3.05) is 5.75 Å². The predicted octanol–water partition coefficient (Wildman–Crippen LogP) is -1.84. The molecule has 0 spiro atoms. The van der Waals surface area contributed by atoms with E-state index in [2.05, 4.69) is 10.4 Å². The SMILES string of the molecule is CC(=O)NC(CSc1nn(C)c(=O)n(C)c1=O)C(=O)O. The van der Waals surface area contributed by atoms with Gasteiger partial charge >= 0.3 is 11.7 Å². The van der Waals surface area contributed by atoms with Gasteiger partial charge in [-0.25, -0.2) is 14.3 Å². The summed E-state index contributed by atoms with van der Waals surface area (Å²) in [4.78, 5) is 45.0. The van der Waals surface area contributed by atoms with E-state index in [1.807, 2.05) is 0 Å². The number of hydrogen-bond acceptors (Lipinski definition) is 6. The van der Waals surface area contributed by atoms with Crippen LogP contribution in [0.2, 0.25) is 0 Å². The molecule has 10 heteroatoms. The molecule has 0 aliphatic carbocycles. The minimum atomic E-state index is -1.21. The standard InChI is InChI=1S/C10H14N4O5S/c1-5(15)11-6(9(17)18)4-20-7-8(16)13(2)10(19)14(3)12-7/h6H,4H2,1-3H3,(H,11,15)(H,17,18). The zero-order chi connectivity index (χ0) is 15.4. The lowest BCUT2D eigenvalue weighted by atomic mass is 10.3. The molecule has 2 N–H and O–H groups in total. The van der Waals surface area contributed by atoms with Gasteiger partial charge in [0.2, 0.25) is 5.91 Å². The number of carboxylic acids is 1. The Balaban J connectivity index is 2.94. The highest BCUT2D eigenvalue weighted by Crippen LogP contribution is 2.10. The summed E-state index contributed by atoms with van der Waals surface area (Å²) in [7, 11) is 2.69. The normalized spacial score (nSPS) is 11.9. The quantitative estimate of drug-likeness (QED) is 0.613. The summed E-state index contributed by atoms with van der Waals surface area (Å²) in [6.07, 6.45) is 0. The maximum Gasteiger partial charge on any atom is 0.346 e. The van der Waals surface area contributed by atoms with E-state index in [4.69, 9.17) is 5.11 Å². The van der Waals surface area contributed by atoms with Crippen LogP contribution in [0, 0.1) is 0 Å². The van der Waals surface area contributed by atoms with Gasteiger partial charge in [0.15, 0.2) is 5.03 Å². The molecule has 9 nitrogen and oxygen atoms in total. The molecule has 0 bridgehead atoms. The number of nitrogens with zero attached hydrogens (tertiary/aromatic N) is 3. The Kier molecular flexibility index (Phi) is 5.08. The number of amides is 1. The zero-order valence-electron chi connectivity index (χ0n) is 11.1. The molecule has 0 saturated carbocycles. The molecule has 0 saturated heterocycles. The number of aromatic nitrogens is 3. The average Bonchev–Trinajstić information content (AvgIpc) is 2.36. The Hall–Kier alpha value is -2.10. The highest BCUT2D eigenvalue weighted by molar-refractivity contribution is 7.99. The molecule has 0 aromatic carbocycles. The lowest BCUT2D eigenvalue weighted by Crippen LogP contribution is -2.42. The van der Waals surface area contributed by atoms with Crippen molar-refractivity contribution in [3.05, 3.63) is 20.8 Å². The fraction of sp³-hybridized carbons (Fsp3) is 0.500. The van der Waals surface area contributed by atoms with Crippen LogP contribution in [0.25, 0.3) is 0 Å². The molecule has 1 aromatic rings. The van der Waals surface area contributed by atoms with Gasteiger partial charge in [-0.05, 0) is 0 Å². The van der Waals surface area contributed by atoms with Gasteiger partial charge < -0.3 is 10.4 Å². The molecule has 0 aliphatic heterocycles. The maximum absolute atomic E-state index is 11.8. The molecule has 0 fully saturated rings. The second-order valence-corrected chi connectivity index (χ2v) is 4.99. The van der Waals surface area contributed by atoms with Crippen LogP contribution in [0.3, 0.4) is 0 Å². The third kappa shape index (κ3) is 3.70. The maximum atomic E-state index is 11.8. The third-order valence-electron chi connectivity index (χ3n) is 2.35. The summed E-state index contributed by atoms with van der Waals surface area (Å²) in [6.45, 7) is 1.20. The largest absolute Gasteiger partial charge is 0.480 e. The van der Waals surface area contributed by atoms with Crippen LogP contribution in [0.1, 0.15) is 6.92 Å². The Labute approximate surface area is 117 Å². The van der Waals surface area contributed by atoms with E-state index in [9.17, 15) is 19.2 Å². The number of carboxylic acid groups (broad SMARTS) is 1. The third-order valence-corrected chi connectivity index (χ3v) is 3.38.